The summed E-state index contributed by atoms with van der Waals surface area (Å²) in [7, 11) is 3.41. The zero-order chi connectivity index (χ0) is 22.1. The first-order valence-electron chi connectivity index (χ1n) is 12.0. The monoisotopic (exact) mass is 434 g/mol. The lowest BCUT2D eigenvalue weighted by atomic mass is 9.81. The Hall–Kier alpha value is -2.53. The summed E-state index contributed by atoms with van der Waals surface area (Å²) in [6.07, 6.45) is 4.41. The molecule has 5 rings (SSSR count). The zero-order valence-corrected chi connectivity index (χ0v) is 19.2. The number of piperidine rings is 1. The van der Waals surface area contributed by atoms with E-state index in [-0.39, 0.29) is 5.92 Å². The third-order valence-corrected chi connectivity index (χ3v) is 7.86. The number of carbonyl (C=O) groups excluding carboxylic acids is 1. The van der Waals surface area contributed by atoms with Gasteiger partial charge in [-0.1, -0.05) is 30.7 Å². The summed E-state index contributed by atoms with van der Waals surface area (Å²) >= 11 is 0. The van der Waals surface area contributed by atoms with E-state index in [9.17, 15) is 4.79 Å². The Bertz CT molecular complexity index is 923. The number of nitrogens with zero attached hydrogens (tertiary/aromatic N) is 2. The second-order valence-corrected chi connectivity index (χ2v) is 9.60. The molecule has 3 aliphatic rings. The number of amides is 1. The molecular formula is C27H34N2O3. The van der Waals surface area contributed by atoms with Crippen LogP contribution in [-0.4, -0.2) is 55.6 Å². The summed E-state index contributed by atoms with van der Waals surface area (Å²) < 4.78 is 10.7. The molecule has 3 fully saturated rings. The van der Waals surface area contributed by atoms with Gasteiger partial charge in [-0.25, -0.2) is 0 Å². The van der Waals surface area contributed by atoms with Gasteiger partial charge in [-0.15, -0.1) is 0 Å². The molecule has 1 aliphatic carbocycles. The molecule has 5 nitrogen and oxygen atoms in total. The van der Waals surface area contributed by atoms with E-state index in [4.69, 9.17) is 9.47 Å². The standard InChI is InChI=1S/C27H34N2O3/c1-31-22-10-6-19(7-11-22)16-28-15-14-26-25(17-28)24(20-8-12-23(32-2)13-9-20)18-29(26)27(30)21-4-3-5-21/h6-13,21,24-26H,3-5,14-18H2,1-2H3/t24-,25-,26-/m0/s1. The lowest BCUT2D eigenvalue weighted by Gasteiger charge is -2.40. The van der Waals surface area contributed by atoms with Crippen molar-refractivity contribution in [2.75, 3.05) is 33.9 Å². The largest absolute Gasteiger partial charge is 0.497 e. The fourth-order valence-electron chi connectivity index (χ4n) is 5.78. The highest BCUT2D eigenvalue weighted by atomic mass is 16.5. The van der Waals surface area contributed by atoms with E-state index in [1.165, 1.54) is 17.5 Å². The highest BCUT2D eigenvalue weighted by Crippen LogP contribution is 2.44. The van der Waals surface area contributed by atoms with E-state index in [0.717, 1.165) is 56.9 Å². The number of methoxy groups -OCH3 is 2. The van der Waals surface area contributed by atoms with Crippen LogP contribution in [0.5, 0.6) is 11.5 Å². The first-order chi connectivity index (χ1) is 15.7. The zero-order valence-electron chi connectivity index (χ0n) is 19.2. The molecular weight excluding hydrogens is 400 g/mol. The number of rotatable bonds is 6. The predicted octanol–water partition coefficient (Wildman–Crippen LogP) is 4.32. The maximum Gasteiger partial charge on any atom is 0.225 e. The van der Waals surface area contributed by atoms with E-state index in [0.29, 0.717) is 23.8 Å². The van der Waals surface area contributed by atoms with Gasteiger partial charge < -0.3 is 14.4 Å². The topological polar surface area (TPSA) is 42.0 Å². The van der Waals surface area contributed by atoms with Crippen LogP contribution in [-0.2, 0) is 11.3 Å². The first-order valence-corrected chi connectivity index (χ1v) is 12.0. The second-order valence-electron chi connectivity index (χ2n) is 9.60. The van der Waals surface area contributed by atoms with Crippen molar-refractivity contribution in [3.63, 3.8) is 0 Å². The number of hydrogen-bond donors (Lipinski definition) is 0. The van der Waals surface area contributed by atoms with E-state index >= 15 is 0 Å². The van der Waals surface area contributed by atoms with Crippen molar-refractivity contribution in [3.05, 3.63) is 59.7 Å². The third-order valence-electron chi connectivity index (χ3n) is 7.86. The van der Waals surface area contributed by atoms with Crippen molar-refractivity contribution in [1.29, 1.82) is 0 Å². The van der Waals surface area contributed by atoms with E-state index in [1.54, 1.807) is 14.2 Å². The number of benzene rings is 2. The van der Waals surface area contributed by atoms with Crippen molar-refractivity contribution in [2.45, 2.75) is 44.2 Å². The average Bonchev–Trinajstić information content (AvgIpc) is 3.17. The van der Waals surface area contributed by atoms with Crippen LogP contribution in [0.1, 0.15) is 42.7 Å². The van der Waals surface area contributed by atoms with Gasteiger partial charge in [0.15, 0.2) is 0 Å². The predicted molar refractivity (Wildman–Crippen MR) is 125 cm³/mol. The summed E-state index contributed by atoms with van der Waals surface area (Å²) in [5.74, 6) is 3.31. The van der Waals surface area contributed by atoms with Crippen molar-refractivity contribution in [3.8, 4) is 11.5 Å². The molecule has 0 N–H and O–H groups in total. The molecule has 2 aromatic rings. The molecule has 2 aromatic carbocycles. The fraction of sp³-hybridized carbons (Fsp3) is 0.519. The molecule has 0 radical (unpaired) electrons. The van der Waals surface area contributed by atoms with E-state index in [1.807, 2.05) is 12.1 Å². The van der Waals surface area contributed by atoms with Gasteiger partial charge in [-0.3, -0.25) is 9.69 Å². The summed E-state index contributed by atoms with van der Waals surface area (Å²) in [6, 6.07) is 17.3. The average molecular weight is 435 g/mol. The van der Waals surface area contributed by atoms with Crippen LogP contribution >= 0.6 is 0 Å². The van der Waals surface area contributed by atoms with Gasteiger partial charge in [-0.05, 0) is 54.7 Å². The van der Waals surface area contributed by atoms with Gasteiger partial charge in [0.05, 0.1) is 14.2 Å². The number of carbonyl (C=O) groups is 1. The highest BCUT2D eigenvalue weighted by Gasteiger charge is 2.48. The minimum atomic E-state index is 0.266. The molecule has 170 valence electrons. The molecule has 2 aliphatic heterocycles. The molecule has 0 unspecified atom stereocenters. The molecule has 2 heterocycles. The van der Waals surface area contributed by atoms with Crippen molar-refractivity contribution in [2.24, 2.45) is 11.8 Å². The number of ether oxygens (including phenoxy) is 2. The Morgan fingerprint density at radius 1 is 0.906 bits per heavy atom. The molecule has 1 amide bonds. The summed E-state index contributed by atoms with van der Waals surface area (Å²) in [5, 5.41) is 0. The lowest BCUT2D eigenvalue weighted by Crippen LogP contribution is -2.49. The first kappa shape index (κ1) is 21.3. The van der Waals surface area contributed by atoms with Crippen LogP contribution in [0.2, 0.25) is 0 Å². The summed E-state index contributed by atoms with van der Waals surface area (Å²) in [5.41, 5.74) is 2.64. The third kappa shape index (κ3) is 4.11. The summed E-state index contributed by atoms with van der Waals surface area (Å²) in [6.45, 7) is 3.87. The van der Waals surface area contributed by atoms with E-state index in [2.05, 4.69) is 46.2 Å². The Labute approximate surface area is 191 Å². The Morgan fingerprint density at radius 3 is 2.16 bits per heavy atom. The Morgan fingerprint density at radius 2 is 1.56 bits per heavy atom. The second kappa shape index (κ2) is 9.14. The van der Waals surface area contributed by atoms with E-state index < -0.39 is 0 Å². The van der Waals surface area contributed by atoms with Gasteiger partial charge >= 0.3 is 0 Å². The smallest absolute Gasteiger partial charge is 0.225 e. The van der Waals surface area contributed by atoms with Gasteiger partial charge in [-0.2, -0.15) is 0 Å². The van der Waals surface area contributed by atoms with Crippen molar-refractivity contribution >= 4 is 5.91 Å². The molecule has 2 saturated heterocycles. The number of likely N-dealkylation sites (tertiary alicyclic amines) is 2. The Balaban J connectivity index is 1.35. The van der Waals surface area contributed by atoms with Gasteiger partial charge in [0.25, 0.3) is 0 Å². The molecule has 1 saturated carbocycles. The quantitative estimate of drug-likeness (QED) is 0.679. The van der Waals surface area contributed by atoms with Gasteiger partial charge in [0, 0.05) is 50.0 Å². The number of hydrogen-bond acceptors (Lipinski definition) is 4. The molecule has 3 atom stereocenters. The van der Waals surface area contributed by atoms with Crippen LogP contribution in [0.3, 0.4) is 0 Å². The molecule has 5 heteroatoms. The molecule has 0 aromatic heterocycles. The SMILES string of the molecule is COc1ccc(CN2CC[C@H]3[C@@H](C2)[C@H](c2ccc(OC)cc2)CN3C(=O)C2CCC2)cc1. The molecule has 0 spiro atoms. The van der Waals surface area contributed by atoms with Gasteiger partial charge in [0.1, 0.15) is 11.5 Å². The van der Waals surface area contributed by atoms with Crippen molar-refractivity contribution in [1.82, 2.24) is 9.80 Å². The van der Waals surface area contributed by atoms with Crippen LogP contribution in [0, 0.1) is 11.8 Å². The maximum atomic E-state index is 13.3. The Kier molecular flexibility index (Phi) is 6.09. The van der Waals surface area contributed by atoms with Crippen molar-refractivity contribution < 1.29 is 14.3 Å². The molecule has 32 heavy (non-hydrogen) atoms. The minimum Gasteiger partial charge on any atom is -0.497 e. The van der Waals surface area contributed by atoms with Gasteiger partial charge in [0.2, 0.25) is 5.91 Å². The van der Waals surface area contributed by atoms with Crippen LogP contribution in [0.25, 0.3) is 0 Å². The maximum absolute atomic E-state index is 13.3. The fourth-order valence-corrected chi connectivity index (χ4v) is 5.78. The van der Waals surface area contributed by atoms with Crippen LogP contribution in [0.15, 0.2) is 48.5 Å². The normalized spacial score (nSPS) is 25.8. The lowest BCUT2D eigenvalue weighted by molar-refractivity contribution is -0.140. The minimum absolute atomic E-state index is 0.266. The van der Waals surface area contributed by atoms with Crippen LogP contribution < -0.4 is 9.47 Å². The molecule has 0 bridgehead atoms. The summed E-state index contributed by atoms with van der Waals surface area (Å²) in [4.78, 5) is 18.1. The van der Waals surface area contributed by atoms with Crippen LogP contribution in [0.4, 0.5) is 0 Å². The number of fused-ring (bicyclic) bond motifs is 1. The highest BCUT2D eigenvalue weighted by molar-refractivity contribution is 5.80.